The second kappa shape index (κ2) is 12.8. The summed E-state index contributed by atoms with van der Waals surface area (Å²) in [4.78, 5) is 49.7. The van der Waals surface area contributed by atoms with Crippen molar-refractivity contribution in [3.8, 4) is 0 Å². The van der Waals surface area contributed by atoms with Gasteiger partial charge in [0.2, 0.25) is 11.8 Å². The number of hydrogen-bond acceptors (Lipinski definition) is 6. The number of anilines is 2. The number of fused-ring (bicyclic) bond motifs is 1. The lowest BCUT2D eigenvalue weighted by atomic mass is 9.70. The van der Waals surface area contributed by atoms with E-state index in [0.717, 1.165) is 37.3 Å². The minimum absolute atomic E-state index is 0.0183. The summed E-state index contributed by atoms with van der Waals surface area (Å²) in [6.45, 7) is 14.8. The lowest BCUT2D eigenvalue weighted by Crippen LogP contribution is -2.55. The molecular weight excluding hydrogens is 524 g/mol. The summed E-state index contributed by atoms with van der Waals surface area (Å²) in [5, 5.41) is 9.44. The van der Waals surface area contributed by atoms with Crippen molar-refractivity contribution < 1.29 is 19.5 Å². The molecule has 1 spiro atoms. The molecule has 1 aromatic rings. The third-order valence-corrected chi connectivity index (χ3v) is 10.7. The highest BCUT2D eigenvalue weighted by Gasteiger charge is 2.73. The number of likely N-dealkylation sites (tertiary alicyclic amines) is 1. The van der Waals surface area contributed by atoms with Gasteiger partial charge in [-0.2, -0.15) is 0 Å². The molecule has 0 radical (unpaired) electrons. The van der Waals surface area contributed by atoms with Crippen LogP contribution in [0.3, 0.4) is 0 Å². The lowest BCUT2D eigenvalue weighted by Gasteiger charge is -2.37. The van der Waals surface area contributed by atoms with Gasteiger partial charge < -0.3 is 24.7 Å². The molecular formula is C31H44N4O4S. The van der Waals surface area contributed by atoms with Crippen molar-refractivity contribution in [3.63, 3.8) is 0 Å². The maximum Gasteiger partial charge on any atom is 0.251 e. The first-order chi connectivity index (χ1) is 19.3. The van der Waals surface area contributed by atoms with Crippen molar-refractivity contribution in [2.75, 3.05) is 56.2 Å². The highest BCUT2D eigenvalue weighted by molar-refractivity contribution is 8.02. The number of aliphatic hydroxyl groups excluding tert-OH is 1. The minimum Gasteiger partial charge on any atom is -0.396 e. The molecule has 3 heterocycles. The van der Waals surface area contributed by atoms with Gasteiger partial charge >= 0.3 is 0 Å². The summed E-state index contributed by atoms with van der Waals surface area (Å²) in [6.07, 6.45) is 6.08. The number of hydrogen-bond donors (Lipinski definition) is 1. The second-order valence-electron chi connectivity index (χ2n) is 11.0. The van der Waals surface area contributed by atoms with E-state index in [0.29, 0.717) is 32.5 Å². The molecule has 5 atom stereocenters. The summed E-state index contributed by atoms with van der Waals surface area (Å²) < 4.78 is -0.645. The Balaban J connectivity index is 1.71. The molecule has 3 fully saturated rings. The van der Waals surface area contributed by atoms with Gasteiger partial charge in [0.05, 0.1) is 16.6 Å². The normalized spacial score (nSPS) is 26.5. The minimum atomic E-state index is -0.677. The van der Waals surface area contributed by atoms with Crippen molar-refractivity contribution in [1.29, 1.82) is 0 Å². The van der Waals surface area contributed by atoms with Crippen LogP contribution in [0.4, 0.5) is 11.4 Å². The monoisotopic (exact) mass is 568 g/mol. The van der Waals surface area contributed by atoms with Crippen molar-refractivity contribution in [2.45, 2.75) is 55.6 Å². The molecule has 3 aliphatic heterocycles. The molecule has 1 aromatic carbocycles. The molecule has 0 saturated carbocycles. The Morgan fingerprint density at radius 3 is 2.33 bits per heavy atom. The van der Waals surface area contributed by atoms with Gasteiger partial charge in [-0.1, -0.05) is 12.2 Å². The predicted octanol–water partition coefficient (Wildman–Crippen LogP) is 3.56. The van der Waals surface area contributed by atoms with E-state index in [9.17, 15) is 19.5 Å². The van der Waals surface area contributed by atoms with Crippen LogP contribution in [-0.4, -0.2) is 95.0 Å². The second-order valence-corrected chi connectivity index (χ2v) is 12.6. The molecule has 3 amide bonds. The molecule has 0 aliphatic carbocycles. The molecule has 1 N–H and O–H groups in total. The molecule has 218 valence electrons. The number of benzene rings is 1. The van der Waals surface area contributed by atoms with Crippen molar-refractivity contribution in [3.05, 3.63) is 49.6 Å². The standard InChI is InChI=1S/C31H44N4O4S/c1-6-18-32(5)28(37)25-24-16-17-31(40-24)26(25)29(38)35(20-10-11-21-36)27(31)30(39)34(19-7-2)23-14-12-22(13-15-23)33(8-3)9-4/h6-7,12-15,24-27,36H,1-2,8-11,16-21H2,3-5H3/t24-,25+,26+,27?,31?/m1/s1. The number of unbranched alkanes of at least 4 members (excludes halogenated alkanes) is 1. The fourth-order valence-electron chi connectivity index (χ4n) is 6.92. The van der Waals surface area contributed by atoms with Gasteiger partial charge in [-0.15, -0.1) is 24.9 Å². The summed E-state index contributed by atoms with van der Waals surface area (Å²) in [5.41, 5.74) is 1.86. The highest BCUT2D eigenvalue weighted by atomic mass is 32.2. The van der Waals surface area contributed by atoms with Gasteiger partial charge in [-0.25, -0.2) is 0 Å². The number of carbonyl (C=O) groups is 3. The first-order valence-electron chi connectivity index (χ1n) is 14.5. The van der Waals surface area contributed by atoms with E-state index in [-0.39, 0.29) is 29.6 Å². The van der Waals surface area contributed by atoms with Gasteiger partial charge in [0.15, 0.2) is 0 Å². The van der Waals surface area contributed by atoms with Crippen LogP contribution in [0, 0.1) is 11.8 Å². The van der Waals surface area contributed by atoms with Crippen LogP contribution in [-0.2, 0) is 14.4 Å². The number of thioether (sulfide) groups is 1. The zero-order valence-electron chi connectivity index (χ0n) is 24.1. The van der Waals surface area contributed by atoms with E-state index in [1.165, 1.54) is 0 Å². The Morgan fingerprint density at radius 2 is 1.73 bits per heavy atom. The molecule has 3 aliphatic rings. The topological polar surface area (TPSA) is 84.4 Å². The van der Waals surface area contributed by atoms with E-state index in [4.69, 9.17) is 0 Å². The zero-order chi connectivity index (χ0) is 29.0. The Bertz CT molecular complexity index is 1110. The van der Waals surface area contributed by atoms with Gasteiger partial charge in [0.25, 0.3) is 5.91 Å². The fraction of sp³-hybridized carbons (Fsp3) is 0.581. The van der Waals surface area contributed by atoms with Gasteiger partial charge in [-0.3, -0.25) is 14.4 Å². The van der Waals surface area contributed by atoms with Crippen LogP contribution >= 0.6 is 11.8 Å². The van der Waals surface area contributed by atoms with E-state index in [1.54, 1.807) is 45.7 Å². The SMILES string of the molecule is C=CCN(C)C(=O)[C@@H]1[C@H]2C(=O)N(CCCCO)C(C(=O)N(CC=C)c3ccc(N(CC)CC)cc3)C23CC[C@H]1S3. The predicted molar refractivity (Wildman–Crippen MR) is 163 cm³/mol. The Kier molecular flexibility index (Phi) is 9.67. The molecule has 3 saturated heterocycles. The van der Waals surface area contributed by atoms with E-state index >= 15 is 0 Å². The summed E-state index contributed by atoms with van der Waals surface area (Å²) in [6, 6.07) is 7.32. The number of aliphatic hydroxyl groups is 1. The van der Waals surface area contributed by atoms with E-state index < -0.39 is 22.6 Å². The smallest absolute Gasteiger partial charge is 0.251 e. The first kappa shape index (κ1) is 30.2. The average Bonchev–Trinajstić information content (AvgIpc) is 3.60. The molecule has 2 unspecified atom stereocenters. The van der Waals surface area contributed by atoms with Crippen LogP contribution in [0.25, 0.3) is 0 Å². The van der Waals surface area contributed by atoms with Gasteiger partial charge in [0, 0.05) is 63.0 Å². The van der Waals surface area contributed by atoms with Crippen LogP contribution in [0.1, 0.15) is 39.5 Å². The Hall–Kier alpha value is -2.78. The third-order valence-electron chi connectivity index (χ3n) is 8.77. The number of rotatable bonds is 14. The van der Waals surface area contributed by atoms with Crippen LogP contribution in [0.5, 0.6) is 0 Å². The quantitative estimate of drug-likeness (QED) is 0.273. The van der Waals surface area contributed by atoms with Crippen molar-refractivity contribution >= 4 is 40.9 Å². The molecule has 40 heavy (non-hydrogen) atoms. The fourth-order valence-corrected chi connectivity index (χ4v) is 9.12. The molecule has 2 bridgehead atoms. The Morgan fingerprint density at radius 1 is 1.07 bits per heavy atom. The maximum absolute atomic E-state index is 14.6. The maximum atomic E-state index is 14.6. The van der Waals surface area contributed by atoms with Gasteiger partial charge in [0.1, 0.15) is 6.04 Å². The molecule has 4 rings (SSSR count). The van der Waals surface area contributed by atoms with Crippen molar-refractivity contribution in [1.82, 2.24) is 9.80 Å². The lowest BCUT2D eigenvalue weighted by molar-refractivity contribution is -0.143. The molecule has 8 nitrogen and oxygen atoms in total. The molecule has 9 heteroatoms. The van der Waals surface area contributed by atoms with Crippen LogP contribution in [0.15, 0.2) is 49.6 Å². The molecule has 0 aromatic heterocycles. The number of carbonyl (C=O) groups excluding carboxylic acids is 3. The van der Waals surface area contributed by atoms with E-state index in [1.807, 2.05) is 24.3 Å². The summed E-state index contributed by atoms with van der Waals surface area (Å²) in [7, 11) is 1.75. The highest BCUT2D eigenvalue weighted by Crippen LogP contribution is 2.66. The summed E-state index contributed by atoms with van der Waals surface area (Å²) in [5.74, 6) is -1.26. The first-order valence-corrected chi connectivity index (χ1v) is 15.4. The number of amides is 3. The van der Waals surface area contributed by atoms with Crippen LogP contribution in [0.2, 0.25) is 0 Å². The van der Waals surface area contributed by atoms with Crippen LogP contribution < -0.4 is 9.80 Å². The zero-order valence-corrected chi connectivity index (χ0v) is 24.9. The van der Waals surface area contributed by atoms with Gasteiger partial charge in [-0.05, 0) is 63.8 Å². The van der Waals surface area contributed by atoms with Crippen molar-refractivity contribution in [2.24, 2.45) is 11.8 Å². The third kappa shape index (κ3) is 5.18. The van der Waals surface area contributed by atoms with E-state index in [2.05, 4.69) is 31.9 Å². The number of likely N-dealkylation sites (N-methyl/N-ethyl adjacent to an activating group) is 1. The average molecular weight is 569 g/mol. The summed E-state index contributed by atoms with van der Waals surface area (Å²) >= 11 is 1.68. The largest absolute Gasteiger partial charge is 0.396 e. The number of nitrogens with zero attached hydrogens (tertiary/aromatic N) is 4. The Labute approximate surface area is 243 Å².